The molecule has 0 bridgehead atoms. The first kappa shape index (κ1) is 32.0. The highest BCUT2D eigenvalue weighted by Crippen LogP contribution is 2.37. The predicted octanol–water partition coefficient (Wildman–Crippen LogP) is 5.44. The molecular weight excluding hydrogens is 657 g/mol. The minimum Gasteiger partial charge on any atom is -0.485 e. The van der Waals surface area contributed by atoms with Crippen LogP contribution in [0.25, 0.3) is 16.6 Å². The maximum atomic E-state index is 14.1. The number of para-hydroxylation sites is 1. The van der Waals surface area contributed by atoms with Gasteiger partial charge in [-0.05, 0) is 61.0 Å². The summed E-state index contributed by atoms with van der Waals surface area (Å²) in [5.41, 5.74) is 8.60. The Labute approximate surface area is 280 Å². The number of amides is 3. The number of nitrogens with two attached hydrogens (primary N) is 1. The zero-order valence-corrected chi connectivity index (χ0v) is 26.1. The molecule has 4 heterocycles. The van der Waals surface area contributed by atoms with Crippen molar-refractivity contribution in [2.45, 2.75) is 25.8 Å². The number of anilines is 2. The van der Waals surface area contributed by atoms with Crippen molar-refractivity contribution in [2.24, 2.45) is 0 Å². The number of hydrogen-bond donors (Lipinski definition) is 4. The number of ether oxygens (including phenoxy) is 2. The van der Waals surface area contributed by atoms with E-state index in [9.17, 15) is 27.6 Å². The Balaban J connectivity index is 1.17. The third-order valence-electron chi connectivity index (χ3n) is 8.06. The number of fused-ring (bicyclic) bond motifs is 1. The smallest absolute Gasteiger partial charge is 0.329 e. The Morgan fingerprint density at radius 1 is 1.04 bits per heavy atom. The van der Waals surface area contributed by atoms with Gasteiger partial charge in [-0.2, -0.15) is 5.10 Å². The number of hydrogen-bond acceptors (Lipinski definition) is 8. The van der Waals surface area contributed by atoms with Gasteiger partial charge < -0.3 is 30.5 Å². The van der Waals surface area contributed by atoms with Crippen molar-refractivity contribution in [3.63, 3.8) is 0 Å². The summed E-state index contributed by atoms with van der Waals surface area (Å²) >= 11 is 0. The predicted molar refractivity (Wildman–Crippen MR) is 175 cm³/mol. The molecule has 0 saturated carbocycles. The van der Waals surface area contributed by atoms with E-state index in [4.69, 9.17) is 15.2 Å². The molecule has 1 aliphatic rings. The van der Waals surface area contributed by atoms with E-state index in [1.807, 2.05) is 0 Å². The van der Waals surface area contributed by atoms with Gasteiger partial charge in [0.2, 0.25) is 5.78 Å². The van der Waals surface area contributed by atoms with Crippen molar-refractivity contribution in [3.05, 3.63) is 108 Å². The van der Waals surface area contributed by atoms with E-state index in [1.54, 1.807) is 37.3 Å². The highest BCUT2D eigenvalue weighted by atomic mass is 19.3. The van der Waals surface area contributed by atoms with Crippen LogP contribution in [0, 0.1) is 12.7 Å². The van der Waals surface area contributed by atoms with E-state index in [0.717, 1.165) is 4.90 Å². The Bertz CT molecular complexity index is 2270. The fourth-order valence-electron chi connectivity index (χ4n) is 5.68. The average molecular weight is 685 g/mol. The molecule has 3 aromatic heterocycles. The first-order valence-electron chi connectivity index (χ1n) is 15.2. The van der Waals surface area contributed by atoms with Crippen LogP contribution in [0.2, 0.25) is 0 Å². The fraction of sp³-hybridized carbons (Fsp3) is 0.147. The van der Waals surface area contributed by atoms with Crippen LogP contribution < -0.4 is 25.4 Å². The lowest BCUT2D eigenvalue weighted by atomic mass is 10.1. The fourth-order valence-corrected chi connectivity index (χ4v) is 5.68. The van der Waals surface area contributed by atoms with E-state index in [-0.39, 0.29) is 40.7 Å². The number of aromatic nitrogens is 5. The van der Waals surface area contributed by atoms with Gasteiger partial charge in [0.05, 0.1) is 35.2 Å². The van der Waals surface area contributed by atoms with Crippen molar-refractivity contribution in [3.8, 4) is 22.9 Å². The summed E-state index contributed by atoms with van der Waals surface area (Å²) in [5.74, 6) is -1.35. The van der Waals surface area contributed by atoms with Crippen LogP contribution in [0.15, 0.2) is 79.4 Å². The summed E-state index contributed by atoms with van der Waals surface area (Å²) < 4.78 is 52.9. The van der Waals surface area contributed by atoms with Crippen molar-refractivity contribution in [2.75, 3.05) is 17.2 Å². The molecule has 1 saturated heterocycles. The summed E-state index contributed by atoms with van der Waals surface area (Å²) in [4.78, 5) is 50.6. The number of imide groups is 1. The number of ketones is 1. The van der Waals surface area contributed by atoms with Gasteiger partial charge in [-0.25, -0.2) is 32.5 Å². The molecule has 6 aromatic rings. The first-order valence-corrected chi connectivity index (χ1v) is 15.2. The molecule has 1 atom stereocenters. The highest BCUT2D eigenvalue weighted by Gasteiger charge is 2.41. The molecule has 254 valence electrons. The Kier molecular flexibility index (Phi) is 8.19. The normalized spacial score (nSPS) is 14.5. The number of carbonyl (C=O) groups is 3. The number of aryl methyl sites for hydroxylation is 1. The van der Waals surface area contributed by atoms with Gasteiger partial charge in [0.25, 0.3) is 12.3 Å². The molecule has 1 fully saturated rings. The number of aromatic amines is 2. The summed E-state index contributed by atoms with van der Waals surface area (Å²) in [6.45, 7) is 0.779. The highest BCUT2D eigenvalue weighted by molar-refractivity contribution is 6.23. The van der Waals surface area contributed by atoms with Gasteiger partial charge in [-0.1, -0.05) is 12.1 Å². The van der Waals surface area contributed by atoms with E-state index in [1.165, 1.54) is 53.7 Å². The summed E-state index contributed by atoms with van der Waals surface area (Å²) in [6.07, 6.45) is 1.55. The van der Waals surface area contributed by atoms with Crippen molar-refractivity contribution in [1.29, 1.82) is 0 Å². The van der Waals surface area contributed by atoms with Gasteiger partial charge in [0.1, 0.15) is 30.0 Å². The molecule has 7 rings (SSSR count). The van der Waals surface area contributed by atoms with E-state index in [0.29, 0.717) is 33.6 Å². The van der Waals surface area contributed by atoms with Crippen molar-refractivity contribution < 1.29 is 37.0 Å². The molecule has 1 aliphatic heterocycles. The number of alkyl halides is 2. The van der Waals surface area contributed by atoms with Gasteiger partial charge in [0, 0.05) is 29.2 Å². The van der Waals surface area contributed by atoms with Gasteiger partial charge >= 0.3 is 6.03 Å². The van der Waals surface area contributed by atoms with Gasteiger partial charge in [0.15, 0.2) is 11.6 Å². The Morgan fingerprint density at radius 3 is 2.60 bits per heavy atom. The quantitative estimate of drug-likeness (QED) is 0.103. The molecular formula is C34H27F3N8O5. The van der Waals surface area contributed by atoms with Crippen LogP contribution in [0.3, 0.4) is 0 Å². The van der Waals surface area contributed by atoms with Crippen LogP contribution >= 0.6 is 0 Å². The third-order valence-corrected chi connectivity index (χ3v) is 8.06. The molecule has 0 aliphatic carbocycles. The number of benzene rings is 3. The number of urea groups is 1. The number of nitrogen functional groups attached to an aromatic ring is 1. The van der Waals surface area contributed by atoms with E-state index >= 15 is 0 Å². The monoisotopic (exact) mass is 684 g/mol. The lowest BCUT2D eigenvalue weighted by Gasteiger charge is -2.18. The zero-order chi connectivity index (χ0) is 35.1. The van der Waals surface area contributed by atoms with E-state index in [2.05, 4.69) is 25.4 Å². The number of nitrogens with zero attached hydrogens (tertiary/aromatic N) is 4. The lowest BCUT2D eigenvalue weighted by Crippen LogP contribution is -2.32. The minimum absolute atomic E-state index is 0.0313. The largest absolute Gasteiger partial charge is 0.485 e. The first-order chi connectivity index (χ1) is 24.1. The zero-order valence-electron chi connectivity index (χ0n) is 26.1. The molecule has 16 heteroatoms. The van der Waals surface area contributed by atoms with Crippen LogP contribution in [0.5, 0.6) is 17.2 Å². The van der Waals surface area contributed by atoms with Crippen molar-refractivity contribution in [1.82, 2.24) is 30.0 Å². The van der Waals surface area contributed by atoms with Crippen LogP contribution in [0.1, 0.15) is 27.3 Å². The summed E-state index contributed by atoms with van der Waals surface area (Å²) in [7, 11) is 0. The maximum Gasteiger partial charge on any atom is 0.329 e. The second kappa shape index (κ2) is 12.8. The number of nitrogens with one attached hydrogen (secondary N) is 3. The third kappa shape index (κ3) is 5.98. The van der Waals surface area contributed by atoms with Gasteiger partial charge in [-0.15, -0.1) is 0 Å². The second-order valence-corrected chi connectivity index (χ2v) is 11.4. The number of halogens is 3. The minimum atomic E-state index is -2.84. The standard InChI is InChI=1S/C34H27F3N8O5/c1-17-8-20(50-28-5-3-2-4-22(28)35)6-7-26(17)45-32(38)21(14-41-45)31(46)24-9-18-10-29(49-15-30(36)37)27(12-23(18)42-24)44-33(47)25(43-34(44)48)11-19-13-39-16-40-19/h2-10,12-14,16,25,30,42H,11,15,38H2,1H3,(H,39,40)(H,43,48)/t25-/m0/s1. The number of H-pyrrole nitrogens is 2. The molecule has 0 radical (unpaired) electrons. The Morgan fingerprint density at radius 2 is 1.86 bits per heavy atom. The van der Waals surface area contributed by atoms with Crippen molar-refractivity contribution >= 4 is 40.1 Å². The maximum absolute atomic E-state index is 14.1. The topological polar surface area (TPSA) is 173 Å². The molecule has 0 unspecified atom stereocenters. The molecule has 3 amide bonds. The number of imidazole rings is 1. The summed E-state index contributed by atoms with van der Waals surface area (Å²) in [6, 6.07) is 13.5. The second-order valence-electron chi connectivity index (χ2n) is 11.4. The SMILES string of the molecule is Cc1cc(Oc2ccccc2F)ccc1-n1ncc(C(=O)c2cc3cc(OCC(F)F)c(N4C(=O)N[C@@H](Cc5cnc[nH]5)C4=O)cc3[nH]2)c1N. The number of rotatable bonds is 11. The van der Waals surface area contributed by atoms with Crippen LogP contribution in [-0.2, 0) is 11.2 Å². The van der Waals surface area contributed by atoms with E-state index < -0.39 is 42.6 Å². The average Bonchev–Trinajstić information content (AvgIpc) is 3.88. The number of carbonyl (C=O) groups excluding carboxylic acids is 3. The molecule has 0 spiro atoms. The molecule has 13 nitrogen and oxygen atoms in total. The Hall–Kier alpha value is -6.58. The summed E-state index contributed by atoms with van der Waals surface area (Å²) in [5, 5.41) is 7.29. The van der Waals surface area contributed by atoms with Gasteiger partial charge in [-0.3, -0.25) is 9.59 Å². The van der Waals surface area contributed by atoms with Crippen LogP contribution in [-0.4, -0.2) is 61.5 Å². The van der Waals surface area contributed by atoms with Crippen LogP contribution in [0.4, 0.5) is 29.5 Å². The molecule has 50 heavy (non-hydrogen) atoms. The molecule has 3 aromatic carbocycles. The lowest BCUT2D eigenvalue weighted by molar-refractivity contribution is -0.118. The molecule has 5 N–H and O–H groups in total.